The summed E-state index contributed by atoms with van der Waals surface area (Å²) >= 11 is 0. The summed E-state index contributed by atoms with van der Waals surface area (Å²) < 4.78 is 0. The van der Waals surface area contributed by atoms with Gasteiger partial charge in [-0.05, 0) is 29.9 Å². The second kappa shape index (κ2) is 4.84. The molecule has 1 aliphatic carbocycles. The molecule has 3 N–H and O–H groups in total. The lowest BCUT2D eigenvalue weighted by molar-refractivity contribution is 0.434. The predicted octanol–water partition coefficient (Wildman–Crippen LogP) is 1.71. The third-order valence-corrected chi connectivity index (χ3v) is 3.67. The van der Waals surface area contributed by atoms with Crippen LogP contribution >= 0.6 is 0 Å². The molecule has 2 unspecified atom stereocenters. The summed E-state index contributed by atoms with van der Waals surface area (Å²) in [6, 6.07) is 8.71. The Kier molecular flexibility index (Phi) is 3.04. The molecule has 0 saturated heterocycles. The number of hydrazine groups is 1. The van der Waals surface area contributed by atoms with Crippen LogP contribution in [-0.4, -0.2) is 9.97 Å². The summed E-state index contributed by atoms with van der Waals surface area (Å²) in [4.78, 5) is 8.08. The Bertz CT molecular complexity index is 526. The third-order valence-electron chi connectivity index (χ3n) is 3.67. The number of fused-ring (bicyclic) bond motifs is 1. The van der Waals surface area contributed by atoms with E-state index < -0.39 is 0 Å². The molecule has 4 heteroatoms. The minimum Gasteiger partial charge on any atom is -0.271 e. The Morgan fingerprint density at radius 2 is 2.06 bits per heavy atom. The summed E-state index contributed by atoms with van der Waals surface area (Å²) in [5, 5.41) is 0. The first-order chi connectivity index (χ1) is 8.88. The smallest absolute Gasteiger partial charge is 0.115 e. The van der Waals surface area contributed by atoms with E-state index in [1.165, 1.54) is 17.5 Å². The van der Waals surface area contributed by atoms with Gasteiger partial charge in [-0.1, -0.05) is 24.3 Å². The predicted molar refractivity (Wildman–Crippen MR) is 69.6 cm³/mol. The molecule has 1 aliphatic rings. The first-order valence-electron chi connectivity index (χ1n) is 6.17. The lowest BCUT2D eigenvalue weighted by Gasteiger charge is -2.32. The van der Waals surface area contributed by atoms with Crippen LogP contribution in [0.3, 0.4) is 0 Å². The topological polar surface area (TPSA) is 63.8 Å². The fourth-order valence-corrected chi connectivity index (χ4v) is 2.65. The van der Waals surface area contributed by atoms with Gasteiger partial charge < -0.3 is 0 Å². The van der Waals surface area contributed by atoms with Crippen LogP contribution in [0.5, 0.6) is 0 Å². The van der Waals surface area contributed by atoms with Gasteiger partial charge in [-0.2, -0.15) is 0 Å². The molecule has 0 bridgehead atoms. The minimum absolute atomic E-state index is 0.115. The van der Waals surface area contributed by atoms with Crippen molar-refractivity contribution in [3.05, 3.63) is 59.7 Å². The first kappa shape index (κ1) is 11.3. The van der Waals surface area contributed by atoms with E-state index in [4.69, 9.17) is 5.84 Å². The highest BCUT2D eigenvalue weighted by Crippen LogP contribution is 2.40. The summed E-state index contributed by atoms with van der Waals surface area (Å²) in [5.41, 5.74) is 6.83. The van der Waals surface area contributed by atoms with E-state index in [2.05, 4.69) is 39.7 Å². The van der Waals surface area contributed by atoms with Gasteiger partial charge in [0.15, 0.2) is 0 Å². The maximum absolute atomic E-state index is 5.65. The summed E-state index contributed by atoms with van der Waals surface area (Å²) in [6.07, 6.45) is 7.31. The monoisotopic (exact) mass is 240 g/mol. The maximum Gasteiger partial charge on any atom is 0.115 e. The van der Waals surface area contributed by atoms with Gasteiger partial charge >= 0.3 is 0 Å². The van der Waals surface area contributed by atoms with Gasteiger partial charge in [-0.15, -0.1) is 0 Å². The number of nitrogens with zero attached hydrogens (tertiary/aromatic N) is 2. The lowest BCUT2D eigenvalue weighted by atomic mass is 9.74. The Balaban J connectivity index is 1.74. The van der Waals surface area contributed by atoms with Crippen LogP contribution in [-0.2, 0) is 6.42 Å². The highest BCUT2D eigenvalue weighted by Gasteiger charge is 2.28. The molecule has 0 amide bonds. The Morgan fingerprint density at radius 3 is 2.78 bits per heavy atom. The summed E-state index contributed by atoms with van der Waals surface area (Å²) in [5.74, 6) is 6.23. The molecule has 0 radical (unpaired) electrons. The quantitative estimate of drug-likeness (QED) is 0.631. The van der Waals surface area contributed by atoms with Crippen molar-refractivity contribution in [2.24, 2.45) is 5.84 Å². The SMILES string of the molecule is NNC(CC1Cc2ccccc21)c1cncnc1. The third kappa shape index (κ3) is 2.00. The van der Waals surface area contributed by atoms with Crippen LogP contribution in [0.4, 0.5) is 0 Å². The van der Waals surface area contributed by atoms with Gasteiger partial charge in [0, 0.05) is 24.0 Å². The fraction of sp³-hybridized carbons (Fsp3) is 0.286. The van der Waals surface area contributed by atoms with Crippen molar-refractivity contribution in [3.63, 3.8) is 0 Å². The van der Waals surface area contributed by atoms with Crippen molar-refractivity contribution in [2.45, 2.75) is 24.8 Å². The normalized spacial score (nSPS) is 18.8. The Morgan fingerprint density at radius 1 is 1.28 bits per heavy atom. The number of hydrogen-bond acceptors (Lipinski definition) is 4. The standard InChI is InChI=1S/C14H16N4/c15-18-14(12-7-16-9-17-8-12)6-11-5-10-3-1-2-4-13(10)11/h1-4,7-9,11,14,18H,5-6,15H2. The molecule has 3 rings (SSSR count). The Labute approximate surface area is 106 Å². The van der Waals surface area contributed by atoms with E-state index in [1.54, 1.807) is 0 Å². The zero-order valence-electron chi connectivity index (χ0n) is 10.1. The summed E-state index contributed by atoms with van der Waals surface area (Å²) in [7, 11) is 0. The van der Waals surface area contributed by atoms with E-state index in [1.807, 2.05) is 12.4 Å². The Hall–Kier alpha value is -1.78. The van der Waals surface area contributed by atoms with Crippen molar-refractivity contribution in [1.82, 2.24) is 15.4 Å². The number of benzene rings is 1. The van der Waals surface area contributed by atoms with E-state index in [0.717, 1.165) is 18.4 Å². The molecule has 0 fully saturated rings. The fourth-order valence-electron chi connectivity index (χ4n) is 2.65. The van der Waals surface area contributed by atoms with Crippen molar-refractivity contribution in [1.29, 1.82) is 0 Å². The van der Waals surface area contributed by atoms with Gasteiger partial charge in [0.1, 0.15) is 6.33 Å². The zero-order valence-corrected chi connectivity index (χ0v) is 10.1. The molecule has 0 spiro atoms. The largest absolute Gasteiger partial charge is 0.271 e. The number of rotatable bonds is 4. The van der Waals surface area contributed by atoms with Crippen molar-refractivity contribution in [3.8, 4) is 0 Å². The highest BCUT2D eigenvalue weighted by atomic mass is 15.2. The van der Waals surface area contributed by atoms with Gasteiger partial charge in [0.25, 0.3) is 0 Å². The lowest BCUT2D eigenvalue weighted by Crippen LogP contribution is -2.31. The molecule has 2 atom stereocenters. The van der Waals surface area contributed by atoms with Gasteiger partial charge in [-0.25, -0.2) is 9.97 Å². The molecule has 2 aromatic rings. The minimum atomic E-state index is 0.115. The highest BCUT2D eigenvalue weighted by molar-refractivity contribution is 5.40. The van der Waals surface area contributed by atoms with Crippen molar-refractivity contribution in [2.75, 3.05) is 0 Å². The zero-order chi connectivity index (χ0) is 12.4. The maximum atomic E-state index is 5.65. The molecule has 1 aromatic carbocycles. The molecule has 0 aliphatic heterocycles. The molecule has 0 saturated carbocycles. The molecule has 92 valence electrons. The molecule has 1 heterocycles. The van der Waals surface area contributed by atoms with Crippen LogP contribution < -0.4 is 11.3 Å². The molecule has 4 nitrogen and oxygen atoms in total. The van der Waals surface area contributed by atoms with E-state index in [-0.39, 0.29) is 6.04 Å². The number of nitrogens with one attached hydrogen (secondary N) is 1. The number of hydrogen-bond donors (Lipinski definition) is 2. The van der Waals surface area contributed by atoms with E-state index in [9.17, 15) is 0 Å². The van der Waals surface area contributed by atoms with Crippen molar-refractivity contribution >= 4 is 0 Å². The van der Waals surface area contributed by atoms with Crippen LogP contribution in [0.2, 0.25) is 0 Å². The number of nitrogens with two attached hydrogens (primary N) is 1. The van der Waals surface area contributed by atoms with Crippen LogP contribution in [0.1, 0.15) is 35.1 Å². The molecular weight excluding hydrogens is 224 g/mol. The first-order valence-corrected chi connectivity index (χ1v) is 6.17. The van der Waals surface area contributed by atoms with E-state index in [0.29, 0.717) is 5.92 Å². The average molecular weight is 240 g/mol. The van der Waals surface area contributed by atoms with Crippen LogP contribution in [0, 0.1) is 0 Å². The van der Waals surface area contributed by atoms with Gasteiger partial charge in [0.05, 0.1) is 0 Å². The van der Waals surface area contributed by atoms with Crippen LogP contribution in [0.15, 0.2) is 43.0 Å². The second-order valence-corrected chi connectivity index (χ2v) is 4.73. The van der Waals surface area contributed by atoms with Crippen LogP contribution in [0.25, 0.3) is 0 Å². The summed E-state index contributed by atoms with van der Waals surface area (Å²) in [6.45, 7) is 0. The van der Waals surface area contributed by atoms with Gasteiger partial charge in [0.2, 0.25) is 0 Å². The molecule has 1 aromatic heterocycles. The van der Waals surface area contributed by atoms with Crippen molar-refractivity contribution < 1.29 is 0 Å². The number of aromatic nitrogens is 2. The van der Waals surface area contributed by atoms with E-state index >= 15 is 0 Å². The van der Waals surface area contributed by atoms with Gasteiger partial charge in [-0.3, -0.25) is 11.3 Å². The second-order valence-electron chi connectivity index (χ2n) is 4.73. The average Bonchev–Trinajstić information content (AvgIpc) is 2.41. The molecular formula is C14H16N4. The molecule has 18 heavy (non-hydrogen) atoms.